The second-order valence-corrected chi connectivity index (χ2v) is 12.6. The topological polar surface area (TPSA) is 67.2 Å². The van der Waals surface area contributed by atoms with Crippen molar-refractivity contribution < 1.29 is 9.59 Å². The second-order valence-electron chi connectivity index (χ2n) is 11.1. The first-order chi connectivity index (χ1) is 17.5. The number of carbonyl (C=O) groups is 2. The van der Waals surface area contributed by atoms with E-state index >= 15 is 0 Å². The lowest BCUT2D eigenvalue weighted by Gasteiger charge is -2.25. The molecule has 1 aromatic heterocycles. The molecule has 1 saturated carbocycles. The second kappa shape index (κ2) is 9.84. The van der Waals surface area contributed by atoms with Crippen molar-refractivity contribution >= 4 is 41.0 Å². The number of nitrogens with one attached hydrogen (secondary N) is 1. The molecule has 2 heterocycles. The molecular formula is C29H33ClN4O2S. The SMILES string of the molecule is Cc1ccc(-n2nc(C(C)(C)C)c3c2N(CC(=O)NC2CC2)C(=O)CSC3c2cccc(Cl)c2)c(C)c1. The zero-order valence-electron chi connectivity index (χ0n) is 22.0. The molecule has 1 aliphatic heterocycles. The highest BCUT2D eigenvalue weighted by Gasteiger charge is 2.40. The van der Waals surface area contributed by atoms with Crippen LogP contribution in [-0.2, 0) is 15.0 Å². The molecule has 1 atom stereocenters. The van der Waals surface area contributed by atoms with Crippen LogP contribution in [0.4, 0.5) is 5.82 Å². The first-order valence-corrected chi connectivity index (χ1v) is 14.1. The fraction of sp³-hybridized carbons (Fsp3) is 0.414. The van der Waals surface area contributed by atoms with Crippen LogP contribution in [0.3, 0.4) is 0 Å². The van der Waals surface area contributed by atoms with Crippen LogP contribution in [0.15, 0.2) is 42.5 Å². The molecule has 1 aliphatic carbocycles. The first kappa shape index (κ1) is 25.9. The number of carbonyl (C=O) groups excluding carboxylic acids is 2. The number of amides is 2. The van der Waals surface area contributed by atoms with Gasteiger partial charge in [-0.25, -0.2) is 4.68 Å². The molecule has 1 fully saturated rings. The van der Waals surface area contributed by atoms with Crippen LogP contribution in [-0.4, -0.2) is 39.9 Å². The van der Waals surface area contributed by atoms with E-state index in [0.717, 1.165) is 46.5 Å². The van der Waals surface area contributed by atoms with Gasteiger partial charge in [0.15, 0.2) is 0 Å². The normalized spacial score (nSPS) is 17.9. The summed E-state index contributed by atoms with van der Waals surface area (Å²) >= 11 is 7.98. The van der Waals surface area contributed by atoms with E-state index in [2.05, 4.69) is 52.1 Å². The number of rotatable bonds is 5. The highest BCUT2D eigenvalue weighted by molar-refractivity contribution is 8.00. The van der Waals surface area contributed by atoms with Gasteiger partial charge in [-0.1, -0.05) is 62.2 Å². The molecule has 5 rings (SSSR count). The number of aromatic nitrogens is 2. The Balaban J connectivity index is 1.77. The van der Waals surface area contributed by atoms with E-state index in [9.17, 15) is 9.59 Å². The largest absolute Gasteiger partial charge is 0.352 e. The summed E-state index contributed by atoms with van der Waals surface area (Å²) in [5, 5.41) is 8.71. The molecule has 0 radical (unpaired) electrons. The maximum absolute atomic E-state index is 13.7. The van der Waals surface area contributed by atoms with Crippen LogP contribution in [0.2, 0.25) is 5.02 Å². The number of anilines is 1. The lowest BCUT2D eigenvalue weighted by Crippen LogP contribution is -2.43. The highest BCUT2D eigenvalue weighted by atomic mass is 35.5. The monoisotopic (exact) mass is 536 g/mol. The third-order valence-electron chi connectivity index (χ3n) is 6.78. The van der Waals surface area contributed by atoms with Gasteiger partial charge < -0.3 is 5.32 Å². The number of benzene rings is 2. The maximum atomic E-state index is 13.7. The van der Waals surface area contributed by atoms with Crippen molar-refractivity contribution in [3.8, 4) is 5.69 Å². The standard InChI is InChI=1S/C29H33ClN4O2S/c1-17-9-12-22(18(2)13-17)34-28-25(27(32-34)29(3,4)5)26(19-7-6-8-20(30)14-19)37-16-24(36)33(28)15-23(35)31-21-10-11-21/h6-9,12-14,21,26H,10-11,15-16H2,1-5H3,(H,31,35). The molecule has 2 amide bonds. The summed E-state index contributed by atoms with van der Waals surface area (Å²) in [5.74, 6) is 0.675. The summed E-state index contributed by atoms with van der Waals surface area (Å²) in [5.41, 5.74) is 5.68. The van der Waals surface area contributed by atoms with E-state index in [1.54, 1.807) is 16.7 Å². The summed E-state index contributed by atoms with van der Waals surface area (Å²) < 4.78 is 1.89. The van der Waals surface area contributed by atoms with Crippen molar-refractivity contribution in [3.05, 3.63) is 75.4 Å². The molecule has 0 spiro atoms. The van der Waals surface area contributed by atoms with Crippen molar-refractivity contribution in [2.45, 2.75) is 64.2 Å². The Morgan fingerprint density at radius 2 is 1.92 bits per heavy atom. The third kappa shape index (κ3) is 5.30. The van der Waals surface area contributed by atoms with Crippen molar-refractivity contribution in [2.75, 3.05) is 17.2 Å². The zero-order chi connectivity index (χ0) is 26.5. The van der Waals surface area contributed by atoms with Crippen LogP contribution in [0.25, 0.3) is 5.69 Å². The fourth-order valence-electron chi connectivity index (χ4n) is 4.86. The summed E-state index contributed by atoms with van der Waals surface area (Å²) in [6.07, 6.45) is 1.98. The summed E-state index contributed by atoms with van der Waals surface area (Å²) in [4.78, 5) is 28.4. The molecule has 0 bridgehead atoms. The summed E-state index contributed by atoms with van der Waals surface area (Å²) in [6.45, 7) is 10.5. The minimum Gasteiger partial charge on any atom is -0.352 e. The van der Waals surface area contributed by atoms with Gasteiger partial charge in [0.2, 0.25) is 11.8 Å². The summed E-state index contributed by atoms with van der Waals surface area (Å²) in [6, 6.07) is 14.2. The number of aryl methyl sites for hydroxylation is 2. The van der Waals surface area contributed by atoms with Crippen molar-refractivity contribution in [2.24, 2.45) is 0 Å². The predicted molar refractivity (Wildman–Crippen MR) is 151 cm³/mol. The molecule has 6 nitrogen and oxygen atoms in total. The Bertz CT molecular complexity index is 1370. The van der Waals surface area contributed by atoms with Gasteiger partial charge >= 0.3 is 0 Å². The molecule has 1 unspecified atom stereocenters. The molecule has 0 saturated heterocycles. The number of fused-ring (bicyclic) bond motifs is 1. The van der Waals surface area contributed by atoms with Gasteiger partial charge in [-0.15, -0.1) is 11.8 Å². The Labute approximate surface area is 227 Å². The Morgan fingerprint density at radius 1 is 1.16 bits per heavy atom. The molecule has 194 valence electrons. The number of halogens is 1. The molecule has 37 heavy (non-hydrogen) atoms. The van der Waals surface area contributed by atoms with Gasteiger partial charge in [0.1, 0.15) is 12.4 Å². The Morgan fingerprint density at radius 3 is 2.57 bits per heavy atom. The predicted octanol–water partition coefficient (Wildman–Crippen LogP) is 5.89. The average Bonchev–Trinajstić information content (AvgIpc) is 3.56. The molecular weight excluding hydrogens is 504 g/mol. The van der Waals surface area contributed by atoms with Crippen molar-refractivity contribution in [1.82, 2.24) is 15.1 Å². The lowest BCUT2D eigenvalue weighted by atomic mass is 9.87. The van der Waals surface area contributed by atoms with Gasteiger partial charge in [0, 0.05) is 22.0 Å². The van der Waals surface area contributed by atoms with E-state index in [1.165, 1.54) is 0 Å². The van der Waals surface area contributed by atoms with Gasteiger partial charge in [-0.05, 0) is 56.0 Å². The molecule has 8 heteroatoms. The number of hydrogen-bond acceptors (Lipinski definition) is 4. The first-order valence-electron chi connectivity index (χ1n) is 12.7. The lowest BCUT2D eigenvalue weighted by molar-refractivity contribution is -0.123. The van der Waals surface area contributed by atoms with Crippen LogP contribution in [0, 0.1) is 13.8 Å². The van der Waals surface area contributed by atoms with Crippen LogP contribution >= 0.6 is 23.4 Å². The Hall–Kier alpha value is -2.77. The quantitative estimate of drug-likeness (QED) is 0.441. The number of hydrogen-bond donors (Lipinski definition) is 1. The Kier molecular flexibility index (Phi) is 6.88. The maximum Gasteiger partial charge on any atom is 0.240 e. The zero-order valence-corrected chi connectivity index (χ0v) is 23.5. The number of thioether (sulfide) groups is 1. The van der Waals surface area contributed by atoms with E-state index in [0.29, 0.717) is 10.8 Å². The van der Waals surface area contributed by atoms with Crippen LogP contribution in [0.1, 0.15) is 66.8 Å². The molecule has 2 aromatic carbocycles. The molecule has 2 aliphatic rings. The average molecular weight is 537 g/mol. The molecule has 1 N–H and O–H groups in total. The van der Waals surface area contributed by atoms with Crippen LogP contribution in [0.5, 0.6) is 0 Å². The number of nitrogens with zero attached hydrogens (tertiary/aromatic N) is 3. The van der Waals surface area contributed by atoms with E-state index in [-0.39, 0.29) is 40.8 Å². The third-order valence-corrected chi connectivity index (χ3v) is 8.27. The van der Waals surface area contributed by atoms with Gasteiger partial charge in [0.25, 0.3) is 0 Å². The fourth-order valence-corrected chi connectivity index (χ4v) is 6.25. The minimum atomic E-state index is -0.305. The van der Waals surface area contributed by atoms with Crippen molar-refractivity contribution in [1.29, 1.82) is 0 Å². The highest BCUT2D eigenvalue weighted by Crippen LogP contribution is 2.48. The van der Waals surface area contributed by atoms with Crippen molar-refractivity contribution in [3.63, 3.8) is 0 Å². The summed E-state index contributed by atoms with van der Waals surface area (Å²) in [7, 11) is 0. The van der Waals surface area contributed by atoms with E-state index < -0.39 is 0 Å². The molecule has 3 aromatic rings. The van der Waals surface area contributed by atoms with E-state index in [1.807, 2.05) is 35.0 Å². The van der Waals surface area contributed by atoms with Gasteiger partial charge in [0.05, 0.1) is 22.4 Å². The minimum absolute atomic E-state index is 0.0364. The smallest absolute Gasteiger partial charge is 0.240 e. The van der Waals surface area contributed by atoms with E-state index in [4.69, 9.17) is 16.7 Å². The van der Waals surface area contributed by atoms with Crippen LogP contribution < -0.4 is 10.2 Å². The van der Waals surface area contributed by atoms with Gasteiger partial charge in [-0.3, -0.25) is 14.5 Å². The van der Waals surface area contributed by atoms with Gasteiger partial charge in [-0.2, -0.15) is 5.10 Å².